The number of nitrogens with one attached hydrogen (secondary N) is 1. The number of carbonyl (C=O) groups is 1. The second-order valence-electron chi connectivity index (χ2n) is 4.68. The van der Waals surface area contributed by atoms with Gasteiger partial charge >= 0.3 is 11.7 Å². The van der Waals surface area contributed by atoms with Gasteiger partial charge in [0.2, 0.25) is 0 Å². The van der Waals surface area contributed by atoms with E-state index in [1.165, 1.54) is 16.3 Å². The molecule has 6 nitrogen and oxygen atoms in total. The molecular weight excluding hydrogens is 290 g/mol. The van der Waals surface area contributed by atoms with E-state index in [1.807, 2.05) is 30.3 Å². The monoisotopic (exact) mass is 307 g/mol. The Labute approximate surface area is 126 Å². The van der Waals surface area contributed by atoms with Crippen LogP contribution in [-0.4, -0.2) is 26.5 Å². The Morgan fingerprint density at radius 1 is 1.43 bits per heavy atom. The lowest BCUT2D eigenvalue weighted by Crippen LogP contribution is -2.17. The minimum absolute atomic E-state index is 0.258. The van der Waals surface area contributed by atoms with Crippen LogP contribution in [0.5, 0.6) is 0 Å². The number of rotatable bonds is 6. The molecule has 112 valence electrons. The van der Waals surface area contributed by atoms with E-state index in [0.29, 0.717) is 10.9 Å². The summed E-state index contributed by atoms with van der Waals surface area (Å²) in [6, 6.07) is 9.54. The third kappa shape index (κ3) is 4.22. The van der Waals surface area contributed by atoms with E-state index in [9.17, 15) is 9.59 Å². The van der Waals surface area contributed by atoms with Crippen molar-refractivity contribution in [3.05, 3.63) is 46.4 Å². The Bertz CT molecular complexity index is 651. The average Bonchev–Trinajstić information content (AvgIpc) is 2.83. The molecule has 0 aliphatic heterocycles. The van der Waals surface area contributed by atoms with Crippen molar-refractivity contribution in [2.24, 2.45) is 13.0 Å². The molecule has 0 spiro atoms. The van der Waals surface area contributed by atoms with Crippen LogP contribution in [0.25, 0.3) is 0 Å². The lowest BCUT2D eigenvalue weighted by molar-refractivity contribution is -0.148. The summed E-state index contributed by atoms with van der Waals surface area (Å²) in [6.07, 6.45) is 0. The van der Waals surface area contributed by atoms with Crippen LogP contribution in [0.15, 0.2) is 40.3 Å². The Morgan fingerprint density at radius 2 is 2.14 bits per heavy atom. The van der Waals surface area contributed by atoms with Gasteiger partial charge in [-0.25, -0.2) is 9.89 Å². The molecule has 0 saturated heterocycles. The third-order valence-electron chi connectivity index (χ3n) is 2.93. The van der Waals surface area contributed by atoms with Crippen LogP contribution in [0.4, 0.5) is 0 Å². The van der Waals surface area contributed by atoms with Gasteiger partial charge in [0.25, 0.3) is 0 Å². The molecule has 1 N–H and O–H groups in total. The number of benzene rings is 1. The van der Waals surface area contributed by atoms with E-state index in [-0.39, 0.29) is 24.2 Å². The van der Waals surface area contributed by atoms with Gasteiger partial charge in [0.15, 0.2) is 5.16 Å². The summed E-state index contributed by atoms with van der Waals surface area (Å²) in [5.41, 5.74) is 0.692. The molecule has 0 aliphatic carbocycles. The smallest absolute Gasteiger partial charge is 0.343 e. The largest absolute Gasteiger partial charge is 0.461 e. The summed E-state index contributed by atoms with van der Waals surface area (Å²) in [5, 5.41) is 6.79. The van der Waals surface area contributed by atoms with Crippen molar-refractivity contribution in [2.75, 3.05) is 5.75 Å². The fraction of sp³-hybridized carbons (Fsp3) is 0.357. The van der Waals surface area contributed by atoms with Crippen molar-refractivity contribution < 1.29 is 9.53 Å². The highest BCUT2D eigenvalue weighted by Gasteiger charge is 2.16. The standard InChI is InChI=1S/C14H17N3O3S/c1-10(9-21-14-16-15-13(19)17(14)2)12(18)20-8-11-6-4-3-5-7-11/h3-7,10H,8-9H2,1-2H3,(H,15,19). The van der Waals surface area contributed by atoms with Gasteiger partial charge in [0, 0.05) is 12.8 Å². The van der Waals surface area contributed by atoms with Crippen LogP contribution in [0.3, 0.4) is 0 Å². The molecule has 7 heteroatoms. The van der Waals surface area contributed by atoms with Crippen LogP contribution in [0.1, 0.15) is 12.5 Å². The van der Waals surface area contributed by atoms with Gasteiger partial charge in [-0.15, -0.1) is 5.10 Å². The predicted molar refractivity (Wildman–Crippen MR) is 80.0 cm³/mol. The number of aromatic nitrogens is 3. The molecule has 1 unspecified atom stereocenters. The molecule has 21 heavy (non-hydrogen) atoms. The summed E-state index contributed by atoms with van der Waals surface area (Å²) in [6.45, 7) is 2.07. The van der Waals surface area contributed by atoms with Gasteiger partial charge in [-0.3, -0.25) is 9.36 Å². The van der Waals surface area contributed by atoms with Crippen molar-refractivity contribution in [2.45, 2.75) is 18.7 Å². The topological polar surface area (TPSA) is 77.0 Å². The molecule has 0 saturated carbocycles. The van der Waals surface area contributed by atoms with E-state index < -0.39 is 0 Å². The number of carbonyl (C=O) groups excluding carboxylic acids is 1. The molecule has 0 aliphatic rings. The number of hydrogen-bond donors (Lipinski definition) is 1. The number of hydrogen-bond acceptors (Lipinski definition) is 5. The maximum Gasteiger partial charge on any atom is 0.343 e. The fourth-order valence-corrected chi connectivity index (χ4v) is 2.52. The van der Waals surface area contributed by atoms with Gasteiger partial charge in [0.1, 0.15) is 6.61 Å². The Balaban J connectivity index is 1.80. The van der Waals surface area contributed by atoms with E-state index in [2.05, 4.69) is 10.2 Å². The summed E-state index contributed by atoms with van der Waals surface area (Å²) in [4.78, 5) is 23.1. The van der Waals surface area contributed by atoms with Gasteiger partial charge in [-0.1, -0.05) is 49.0 Å². The van der Waals surface area contributed by atoms with Crippen molar-refractivity contribution in [1.82, 2.24) is 14.8 Å². The molecular formula is C14H17N3O3S. The summed E-state index contributed by atoms with van der Waals surface area (Å²) < 4.78 is 6.67. The highest BCUT2D eigenvalue weighted by atomic mass is 32.2. The molecule has 1 atom stereocenters. The van der Waals surface area contributed by atoms with Crippen LogP contribution in [-0.2, 0) is 23.2 Å². The lowest BCUT2D eigenvalue weighted by Gasteiger charge is -2.10. The van der Waals surface area contributed by atoms with Crippen LogP contribution >= 0.6 is 11.8 Å². The number of thioether (sulfide) groups is 1. The minimum atomic E-state index is -0.273. The number of esters is 1. The average molecular weight is 307 g/mol. The Hall–Kier alpha value is -2.02. The van der Waals surface area contributed by atoms with Gasteiger partial charge in [0.05, 0.1) is 5.92 Å². The van der Waals surface area contributed by atoms with E-state index in [0.717, 1.165) is 5.56 Å². The van der Waals surface area contributed by atoms with E-state index >= 15 is 0 Å². The number of ether oxygens (including phenoxy) is 1. The first-order valence-electron chi connectivity index (χ1n) is 6.52. The van der Waals surface area contributed by atoms with E-state index in [1.54, 1.807) is 14.0 Å². The second kappa shape index (κ2) is 7.12. The molecule has 1 aromatic heterocycles. The number of H-pyrrole nitrogens is 1. The fourth-order valence-electron chi connectivity index (χ4n) is 1.60. The predicted octanol–water partition coefficient (Wildman–Crippen LogP) is 1.58. The Kier molecular flexibility index (Phi) is 5.21. The zero-order chi connectivity index (χ0) is 15.2. The van der Waals surface area contributed by atoms with Gasteiger partial charge in [-0.05, 0) is 5.56 Å². The summed E-state index contributed by atoms with van der Waals surface area (Å²) in [7, 11) is 1.63. The molecule has 0 fully saturated rings. The Morgan fingerprint density at radius 3 is 2.76 bits per heavy atom. The molecule has 2 aromatic rings. The molecule has 2 rings (SSSR count). The van der Waals surface area contributed by atoms with Crippen LogP contribution in [0, 0.1) is 5.92 Å². The first-order chi connectivity index (χ1) is 10.1. The lowest BCUT2D eigenvalue weighted by atomic mass is 10.2. The zero-order valence-corrected chi connectivity index (χ0v) is 12.7. The SMILES string of the molecule is CC(CSc1n[nH]c(=O)n1C)C(=O)OCc1ccccc1. The van der Waals surface area contributed by atoms with Gasteiger partial charge < -0.3 is 4.74 Å². The number of aromatic amines is 1. The van der Waals surface area contributed by atoms with Gasteiger partial charge in [-0.2, -0.15) is 0 Å². The molecule has 1 aromatic carbocycles. The zero-order valence-electron chi connectivity index (χ0n) is 11.9. The minimum Gasteiger partial charge on any atom is -0.461 e. The number of nitrogens with zero attached hydrogens (tertiary/aromatic N) is 2. The van der Waals surface area contributed by atoms with Crippen molar-refractivity contribution in [3.63, 3.8) is 0 Å². The van der Waals surface area contributed by atoms with Crippen LogP contribution < -0.4 is 5.69 Å². The molecule has 0 amide bonds. The third-order valence-corrected chi connectivity index (χ3v) is 4.22. The quantitative estimate of drug-likeness (QED) is 0.647. The van der Waals surface area contributed by atoms with Crippen molar-refractivity contribution >= 4 is 17.7 Å². The summed E-state index contributed by atoms with van der Waals surface area (Å²) >= 11 is 1.35. The maximum absolute atomic E-state index is 11.9. The second-order valence-corrected chi connectivity index (χ2v) is 5.66. The summed E-state index contributed by atoms with van der Waals surface area (Å²) in [5.74, 6) is -0.0245. The highest BCUT2D eigenvalue weighted by Crippen LogP contribution is 2.17. The van der Waals surface area contributed by atoms with Crippen molar-refractivity contribution in [3.8, 4) is 0 Å². The first kappa shape index (κ1) is 15.4. The first-order valence-corrected chi connectivity index (χ1v) is 7.51. The van der Waals surface area contributed by atoms with Crippen molar-refractivity contribution in [1.29, 1.82) is 0 Å². The molecule has 1 heterocycles. The molecule has 0 radical (unpaired) electrons. The maximum atomic E-state index is 11.9. The van der Waals surface area contributed by atoms with Crippen LogP contribution in [0.2, 0.25) is 0 Å². The molecule has 0 bridgehead atoms. The normalized spacial score (nSPS) is 12.1. The van der Waals surface area contributed by atoms with E-state index in [4.69, 9.17) is 4.74 Å². The highest BCUT2D eigenvalue weighted by molar-refractivity contribution is 7.99.